The number of aliphatic imine (C=N–C) groups is 1. The summed E-state index contributed by atoms with van der Waals surface area (Å²) in [5, 5.41) is 11.7. The average Bonchev–Trinajstić information content (AvgIpc) is 3.55. The van der Waals surface area contributed by atoms with Crippen LogP contribution in [0, 0.1) is 0 Å². The van der Waals surface area contributed by atoms with Crippen LogP contribution in [0.15, 0.2) is 70.4 Å². The standard InChI is InChI=1S/C24H31N5O/c1-19(20-8-3-2-4-9-20)27-24(25-15-13-23-12-7-17-30-23)26-18-21-14-16-29(28-21)22-10-5-6-11-22/h2-4,7-9,12,14,16-17,19,22H,5-6,10-11,13,15,18H2,1H3,(H2,25,26,27). The second kappa shape index (κ2) is 10.1. The Labute approximate surface area is 178 Å². The van der Waals surface area contributed by atoms with E-state index in [4.69, 9.17) is 14.5 Å². The van der Waals surface area contributed by atoms with Crippen LogP contribution in [0.3, 0.4) is 0 Å². The summed E-state index contributed by atoms with van der Waals surface area (Å²) in [6.07, 6.45) is 9.71. The first-order valence-corrected chi connectivity index (χ1v) is 10.9. The Kier molecular flexibility index (Phi) is 6.85. The lowest BCUT2D eigenvalue weighted by Gasteiger charge is -2.18. The fourth-order valence-electron chi connectivity index (χ4n) is 3.94. The zero-order valence-electron chi connectivity index (χ0n) is 17.6. The van der Waals surface area contributed by atoms with Crippen LogP contribution in [0.25, 0.3) is 0 Å². The first kappa shape index (κ1) is 20.3. The van der Waals surface area contributed by atoms with Crippen LogP contribution < -0.4 is 10.6 Å². The highest BCUT2D eigenvalue weighted by Gasteiger charge is 2.17. The average molecular weight is 406 g/mol. The summed E-state index contributed by atoms with van der Waals surface area (Å²) in [6.45, 7) is 3.45. The van der Waals surface area contributed by atoms with Gasteiger partial charge in [-0.2, -0.15) is 5.10 Å². The molecule has 2 N–H and O–H groups in total. The van der Waals surface area contributed by atoms with Crippen molar-refractivity contribution in [3.63, 3.8) is 0 Å². The molecule has 0 bridgehead atoms. The maximum atomic E-state index is 5.43. The predicted molar refractivity (Wildman–Crippen MR) is 119 cm³/mol. The molecule has 6 nitrogen and oxygen atoms in total. The van der Waals surface area contributed by atoms with Crippen LogP contribution in [0.4, 0.5) is 0 Å². The van der Waals surface area contributed by atoms with Crippen molar-refractivity contribution in [1.29, 1.82) is 0 Å². The highest BCUT2D eigenvalue weighted by atomic mass is 16.3. The van der Waals surface area contributed by atoms with Crippen LogP contribution in [-0.2, 0) is 13.0 Å². The van der Waals surface area contributed by atoms with Gasteiger partial charge in [0, 0.05) is 19.2 Å². The highest BCUT2D eigenvalue weighted by Crippen LogP contribution is 2.28. The topological polar surface area (TPSA) is 67.4 Å². The minimum Gasteiger partial charge on any atom is -0.469 e. The van der Waals surface area contributed by atoms with Gasteiger partial charge in [-0.3, -0.25) is 4.68 Å². The Morgan fingerprint density at radius 2 is 2.00 bits per heavy atom. The van der Waals surface area contributed by atoms with Crippen molar-refractivity contribution in [2.75, 3.05) is 6.54 Å². The smallest absolute Gasteiger partial charge is 0.192 e. The molecule has 6 heteroatoms. The van der Waals surface area contributed by atoms with Crippen LogP contribution >= 0.6 is 0 Å². The SMILES string of the molecule is CC(NC(=NCc1ccn(C2CCCC2)n1)NCCc1ccco1)c1ccccc1. The summed E-state index contributed by atoms with van der Waals surface area (Å²) in [5.74, 6) is 1.75. The lowest BCUT2D eigenvalue weighted by Crippen LogP contribution is -2.39. The number of aromatic nitrogens is 2. The second-order valence-electron chi connectivity index (χ2n) is 7.92. The lowest BCUT2D eigenvalue weighted by molar-refractivity contribution is 0.463. The minimum atomic E-state index is 0.150. The summed E-state index contributed by atoms with van der Waals surface area (Å²) in [4.78, 5) is 4.81. The van der Waals surface area contributed by atoms with Gasteiger partial charge in [-0.15, -0.1) is 0 Å². The first-order valence-electron chi connectivity index (χ1n) is 10.9. The van der Waals surface area contributed by atoms with Crippen molar-refractivity contribution >= 4 is 5.96 Å². The van der Waals surface area contributed by atoms with E-state index in [0.29, 0.717) is 12.6 Å². The Balaban J connectivity index is 1.40. The monoisotopic (exact) mass is 405 g/mol. The maximum absolute atomic E-state index is 5.43. The van der Waals surface area contributed by atoms with E-state index in [1.807, 2.05) is 18.2 Å². The number of guanidine groups is 1. The number of hydrogen-bond acceptors (Lipinski definition) is 3. The van der Waals surface area contributed by atoms with Gasteiger partial charge in [0.05, 0.1) is 30.6 Å². The Morgan fingerprint density at radius 3 is 2.77 bits per heavy atom. The third kappa shape index (κ3) is 5.53. The molecule has 1 fully saturated rings. The summed E-state index contributed by atoms with van der Waals surface area (Å²) in [5.41, 5.74) is 2.23. The quantitative estimate of drug-likeness (QED) is 0.423. The first-order chi connectivity index (χ1) is 14.8. The molecule has 0 spiro atoms. The third-order valence-corrected chi connectivity index (χ3v) is 5.66. The van der Waals surface area contributed by atoms with Gasteiger partial charge in [0.25, 0.3) is 0 Å². The number of benzene rings is 1. The zero-order valence-corrected chi connectivity index (χ0v) is 17.6. The molecule has 1 unspecified atom stereocenters. The maximum Gasteiger partial charge on any atom is 0.192 e. The Hall–Kier alpha value is -3.02. The van der Waals surface area contributed by atoms with Gasteiger partial charge in [0.1, 0.15) is 5.76 Å². The molecular formula is C24H31N5O. The number of furan rings is 1. The Bertz CT molecular complexity index is 910. The normalized spacial score (nSPS) is 16.0. The molecule has 1 aromatic carbocycles. The van der Waals surface area contributed by atoms with Crippen LogP contribution in [-0.4, -0.2) is 22.3 Å². The van der Waals surface area contributed by atoms with E-state index < -0.39 is 0 Å². The van der Waals surface area contributed by atoms with Crippen molar-refractivity contribution in [3.8, 4) is 0 Å². The summed E-state index contributed by atoms with van der Waals surface area (Å²) >= 11 is 0. The predicted octanol–water partition coefficient (Wildman–Crippen LogP) is 4.63. The van der Waals surface area contributed by atoms with Gasteiger partial charge in [0.15, 0.2) is 5.96 Å². The second-order valence-corrected chi connectivity index (χ2v) is 7.92. The van der Waals surface area contributed by atoms with Gasteiger partial charge in [-0.25, -0.2) is 4.99 Å². The highest BCUT2D eigenvalue weighted by molar-refractivity contribution is 5.80. The zero-order chi connectivity index (χ0) is 20.6. The molecule has 0 saturated heterocycles. The van der Waals surface area contributed by atoms with E-state index >= 15 is 0 Å². The summed E-state index contributed by atoms with van der Waals surface area (Å²) in [6, 6.07) is 17.1. The van der Waals surface area contributed by atoms with E-state index in [9.17, 15) is 0 Å². The van der Waals surface area contributed by atoms with Crippen molar-refractivity contribution in [3.05, 3.63) is 78.0 Å². The van der Waals surface area contributed by atoms with Crippen molar-refractivity contribution < 1.29 is 4.42 Å². The summed E-state index contributed by atoms with van der Waals surface area (Å²) < 4.78 is 7.56. The van der Waals surface area contributed by atoms with Crippen LogP contribution in [0.5, 0.6) is 0 Å². The minimum absolute atomic E-state index is 0.150. The lowest BCUT2D eigenvalue weighted by atomic mass is 10.1. The van der Waals surface area contributed by atoms with Gasteiger partial charge in [0.2, 0.25) is 0 Å². The van der Waals surface area contributed by atoms with Gasteiger partial charge in [-0.1, -0.05) is 43.2 Å². The van der Waals surface area contributed by atoms with Crippen molar-refractivity contribution in [2.24, 2.45) is 4.99 Å². The molecule has 3 aromatic rings. The molecule has 0 radical (unpaired) electrons. The summed E-state index contributed by atoms with van der Waals surface area (Å²) in [7, 11) is 0. The van der Waals surface area contributed by atoms with Gasteiger partial charge < -0.3 is 15.1 Å². The molecule has 2 aromatic heterocycles. The van der Waals surface area contributed by atoms with Crippen molar-refractivity contribution in [1.82, 2.24) is 20.4 Å². The van der Waals surface area contributed by atoms with Crippen LogP contribution in [0.2, 0.25) is 0 Å². The number of nitrogens with zero attached hydrogens (tertiary/aromatic N) is 3. The van der Waals surface area contributed by atoms with Crippen molar-refractivity contribution in [2.45, 2.75) is 57.7 Å². The van der Waals surface area contributed by atoms with E-state index in [0.717, 1.165) is 30.4 Å². The molecule has 158 valence electrons. The molecule has 2 heterocycles. The Morgan fingerprint density at radius 1 is 1.17 bits per heavy atom. The molecule has 1 saturated carbocycles. The molecule has 0 aliphatic heterocycles. The van der Waals surface area contributed by atoms with E-state index in [1.165, 1.54) is 31.2 Å². The largest absolute Gasteiger partial charge is 0.469 e. The van der Waals surface area contributed by atoms with Gasteiger partial charge >= 0.3 is 0 Å². The number of rotatable bonds is 8. The third-order valence-electron chi connectivity index (χ3n) is 5.66. The molecule has 4 rings (SSSR count). The number of hydrogen-bond donors (Lipinski definition) is 2. The van der Waals surface area contributed by atoms with Gasteiger partial charge in [-0.05, 0) is 43.5 Å². The molecule has 30 heavy (non-hydrogen) atoms. The molecule has 1 aliphatic rings. The van der Waals surface area contributed by atoms with Crippen LogP contribution in [0.1, 0.15) is 61.7 Å². The fraction of sp³-hybridized carbons (Fsp3) is 0.417. The van der Waals surface area contributed by atoms with E-state index in [-0.39, 0.29) is 6.04 Å². The van der Waals surface area contributed by atoms with E-state index in [2.05, 4.69) is 58.8 Å². The molecular weight excluding hydrogens is 374 g/mol. The fourth-order valence-corrected chi connectivity index (χ4v) is 3.94. The molecule has 0 amide bonds. The molecule has 1 atom stereocenters. The molecule has 1 aliphatic carbocycles. The van der Waals surface area contributed by atoms with E-state index in [1.54, 1.807) is 6.26 Å². The number of nitrogens with one attached hydrogen (secondary N) is 2.